The summed E-state index contributed by atoms with van der Waals surface area (Å²) in [6.45, 7) is 2.46. The summed E-state index contributed by atoms with van der Waals surface area (Å²) in [5.41, 5.74) is 3.43. The number of amides is 1. The Bertz CT molecular complexity index is 929. The van der Waals surface area contributed by atoms with Gasteiger partial charge in [-0.25, -0.2) is 4.98 Å². The molecule has 0 unspecified atom stereocenters. The largest absolute Gasteiger partial charge is 0.459 e. The predicted molar refractivity (Wildman–Crippen MR) is 96.6 cm³/mol. The first-order valence-corrected chi connectivity index (χ1v) is 8.56. The molecule has 1 saturated heterocycles. The lowest BCUT2D eigenvalue weighted by molar-refractivity contribution is -0.149. The Hall–Kier alpha value is -3.15. The fourth-order valence-electron chi connectivity index (χ4n) is 3.16. The van der Waals surface area contributed by atoms with E-state index in [9.17, 15) is 9.59 Å². The van der Waals surface area contributed by atoms with Crippen LogP contribution in [0.25, 0.3) is 5.65 Å². The van der Waals surface area contributed by atoms with Gasteiger partial charge in [-0.05, 0) is 31.2 Å². The summed E-state index contributed by atoms with van der Waals surface area (Å²) in [6, 6.07) is 13.4. The number of fused-ring (bicyclic) bond motifs is 1. The van der Waals surface area contributed by atoms with Crippen LogP contribution in [0, 0.1) is 12.8 Å². The zero-order chi connectivity index (χ0) is 18.1. The van der Waals surface area contributed by atoms with Crippen LogP contribution in [0.2, 0.25) is 0 Å². The fourth-order valence-corrected chi connectivity index (χ4v) is 3.16. The zero-order valence-corrected chi connectivity index (χ0v) is 14.5. The highest BCUT2D eigenvalue weighted by Gasteiger charge is 2.36. The van der Waals surface area contributed by atoms with E-state index in [2.05, 4.69) is 4.98 Å². The van der Waals surface area contributed by atoms with E-state index >= 15 is 0 Å². The molecule has 3 heterocycles. The van der Waals surface area contributed by atoms with Gasteiger partial charge in [0.25, 0.3) is 0 Å². The summed E-state index contributed by atoms with van der Waals surface area (Å²) in [5.74, 6) is -0.852. The average Bonchev–Trinajstić information content (AvgIpc) is 3.23. The molecule has 1 amide bonds. The van der Waals surface area contributed by atoms with Gasteiger partial charge >= 0.3 is 5.97 Å². The highest BCUT2D eigenvalue weighted by atomic mass is 16.5. The Kier molecular flexibility index (Phi) is 4.16. The molecule has 1 atom stereocenters. The maximum absolute atomic E-state index is 12.4. The van der Waals surface area contributed by atoms with Crippen molar-refractivity contribution in [3.05, 3.63) is 66.1 Å². The van der Waals surface area contributed by atoms with Crippen molar-refractivity contribution < 1.29 is 14.3 Å². The number of hydrogen-bond donors (Lipinski definition) is 0. The summed E-state index contributed by atoms with van der Waals surface area (Å²) < 4.78 is 7.28. The molecule has 0 N–H and O–H groups in total. The molecule has 132 valence electrons. The van der Waals surface area contributed by atoms with Crippen molar-refractivity contribution in [1.82, 2.24) is 9.38 Å². The molecular weight excluding hydrogens is 330 g/mol. The van der Waals surface area contributed by atoms with E-state index in [4.69, 9.17) is 4.74 Å². The molecule has 6 heteroatoms. The highest BCUT2D eigenvalue weighted by Crippen LogP contribution is 2.26. The van der Waals surface area contributed by atoms with Gasteiger partial charge in [0.1, 0.15) is 12.3 Å². The number of aryl methyl sites for hydroxylation is 1. The van der Waals surface area contributed by atoms with Crippen molar-refractivity contribution >= 4 is 23.2 Å². The molecule has 0 bridgehead atoms. The predicted octanol–water partition coefficient (Wildman–Crippen LogP) is 2.74. The number of rotatable bonds is 4. The highest BCUT2D eigenvalue weighted by molar-refractivity contribution is 5.99. The van der Waals surface area contributed by atoms with Crippen LogP contribution in [-0.2, 0) is 20.9 Å². The topological polar surface area (TPSA) is 63.9 Å². The lowest BCUT2D eigenvalue weighted by atomic mass is 10.1. The van der Waals surface area contributed by atoms with Crippen LogP contribution in [0.5, 0.6) is 0 Å². The molecule has 1 aromatic carbocycles. The summed E-state index contributed by atoms with van der Waals surface area (Å²) in [5, 5.41) is 0. The molecule has 1 aliphatic rings. The number of carbonyl (C=O) groups excluding carboxylic acids is 2. The molecule has 3 aromatic rings. The summed E-state index contributed by atoms with van der Waals surface area (Å²) in [7, 11) is 0. The van der Waals surface area contributed by atoms with Gasteiger partial charge in [0.2, 0.25) is 5.91 Å². The Labute approximate surface area is 151 Å². The van der Waals surface area contributed by atoms with Crippen LogP contribution in [0.1, 0.15) is 17.7 Å². The van der Waals surface area contributed by atoms with E-state index in [0.717, 1.165) is 16.9 Å². The molecule has 2 aromatic heterocycles. The van der Waals surface area contributed by atoms with Crippen LogP contribution >= 0.6 is 0 Å². The molecule has 0 saturated carbocycles. The van der Waals surface area contributed by atoms with Crippen LogP contribution in [0.3, 0.4) is 0 Å². The Morgan fingerprint density at radius 1 is 1.23 bits per heavy atom. The van der Waals surface area contributed by atoms with E-state index in [1.807, 2.05) is 66.2 Å². The standard InChI is InChI=1S/C20H19N3O3/c1-14-5-7-17(8-6-14)23-11-15(10-19(23)24)20(25)26-13-16-12-22-9-3-2-4-18(22)21-16/h2-9,12,15H,10-11,13H2,1H3/t15-/m1/s1. The van der Waals surface area contributed by atoms with Gasteiger partial charge in [-0.3, -0.25) is 9.59 Å². The van der Waals surface area contributed by atoms with E-state index in [-0.39, 0.29) is 24.9 Å². The lowest BCUT2D eigenvalue weighted by Gasteiger charge is -2.16. The van der Waals surface area contributed by atoms with Gasteiger partial charge in [-0.2, -0.15) is 0 Å². The second kappa shape index (κ2) is 6.63. The molecule has 1 fully saturated rings. The summed E-state index contributed by atoms with van der Waals surface area (Å²) in [6.07, 6.45) is 3.90. The van der Waals surface area contributed by atoms with Crippen LogP contribution in [-0.4, -0.2) is 27.8 Å². The molecule has 0 aliphatic carbocycles. The van der Waals surface area contributed by atoms with Crippen LogP contribution in [0.4, 0.5) is 5.69 Å². The number of ether oxygens (including phenoxy) is 1. The van der Waals surface area contributed by atoms with Gasteiger partial charge in [0, 0.05) is 31.0 Å². The minimum Gasteiger partial charge on any atom is -0.459 e. The minimum absolute atomic E-state index is 0.0523. The molecule has 1 aliphatic heterocycles. The van der Waals surface area contributed by atoms with Gasteiger partial charge in [-0.15, -0.1) is 0 Å². The van der Waals surface area contributed by atoms with Crippen molar-refractivity contribution in [3.63, 3.8) is 0 Å². The number of anilines is 1. The monoisotopic (exact) mass is 349 g/mol. The number of nitrogens with zero attached hydrogens (tertiary/aromatic N) is 3. The average molecular weight is 349 g/mol. The lowest BCUT2D eigenvalue weighted by Crippen LogP contribution is -2.26. The number of carbonyl (C=O) groups is 2. The fraction of sp³-hybridized carbons (Fsp3) is 0.250. The van der Waals surface area contributed by atoms with Crippen LogP contribution in [0.15, 0.2) is 54.9 Å². The Morgan fingerprint density at radius 2 is 2.04 bits per heavy atom. The summed E-state index contributed by atoms with van der Waals surface area (Å²) >= 11 is 0. The number of pyridine rings is 1. The number of benzene rings is 1. The van der Waals surface area contributed by atoms with Crippen molar-refractivity contribution in [2.24, 2.45) is 5.92 Å². The van der Waals surface area contributed by atoms with E-state index in [1.165, 1.54) is 0 Å². The van der Waals surface area contributed by atoms with Crippen LogP contribution < -0.4 is 4.90 Å². The first-order chi connectivity index (χ1) is 12.6. The maximum Gasteiger partial charge on any atom is 0.311 e. The van der Waals surface area contributed by atoms with Gasteiger partial charge in [0.15, 0.2) is 0 Å². The van der Waals surface area contributed by atoms with Crippen molar-refractivity contribution in [2.75, 3.05) is 11.4 Å². The molecule has 0 radical (unpaired) electrons. The van der Waals surface area contributed by atoms with Gasteiger partial charge in [-0.1, -0.05) is 23.8 Å². The zero-order valence-electron chi connectivity index (χ0n) is 14.5. The molecular formula is C20H19N3O3. The third-order valence-corrected chi connectivity index (χ3v) is 4.58. The summed E-state index contributed by atoms with van der Waals surface area (Å²) in [4.78, 5) is 30.7. The van der Waals surface area contributed by atoms with Crippen molar-refractivity contribution in [1.29, 1.82) is 0 Å². The first-order valence-electron chi connectivity index (χ1n) is 8.56. The SMILES string of the molecule is Cc1ccc(N2C[C@H](C(=O)OCc3cn4ccccc4n3)CC2=O)cc1. The Morgan fingerprint density at radius 3 is 2.81 bits per heavy atom. The minimum atomic E-state index is -0.444. The second-order valence-electron chi connectivity index (χ2n) is 6.55. The van der Waals surface area contributed by atoms with Gasteiger partial charge < -0.3 is 14.0 Å². The second-order valence-corrected chi connectivity index (χ2v) is 6.55. The third kappa shape index (κ3) is 3.18. The van der Waals surface area contributed by atoms with Gasteiger partial charge in [0.05, 0.1) is 11.6 Å². The first kappa shape index (κ1) is 16.3. The number of hydrogen-bond acceptors (Lipinski definition) is 4. The van der Waals surface area contributed by atoms with Crippen molar-refractivity contribution in [3.8, 4) is 0 Å². The maximum atomic E-state index is 12.4. The number of aromatic nitrogens is 2. The Balaban J connectivity index is 1.39. The van der Waals surface area contributed by atoms with E-state index < -0.39 is 5.92 Å². The quantitative estimate of drug-likeness (QED) is 0.680. The van der Waals surface area contributed by atoms with E-state index in [0.29, 0.717) is 12.2 Å². The van der Waals surface area contributed by atoms with E-state index in [1.54, 1.807) is 4.90 Å². The molecule has 0 spiro atoms. The number of esters is 1. The van der Waals surface area contributed by atoms with Crippen molar-refractivity contribution in [2.45, 2.75) is 20.0 Å². The molecule has 4 rings (SSSR count). The normalized spacial score (nSPS) is 17.0. The molecule has 6 nitrogen and oxygen atoms in total. The smallest absolute Gasteiger partial charge is 0.311 e. The molecule has 26 heavy (non-hydrogen) atoms. The third-order valence-electron chi connectivity index (χ3n) is 4.58. The number of imidazole rings is 1.